The number of nitrogens with zero attached hydrogens (tertiary/aromatic N) is 3. The van der Waals surface area contributed by atoms with E-state index in [4.69, 9.17) is 5.84 Å². The number of anilines is 4. The summed E-state index contributed by atoms with van der Waals surface area (Å²) in [6.07, 6.45) is 1.64. The molecule has 1 aromatic carbocycles. The van der Waals surface area contributed by atoms with Crippen molar-refractivity contribution in [1.29, 1.82) is 0 Å². The van der Waals surface area contributed by atoms with Gasteiger partial charge in [-0.1, -0.05) is 12.1 Å². The molecule has 0 bridgehead atoms. The van der Waals surface area contributed by atoms with Gasteiger partial charge in [-0.05, 0) is 18.2 Å². The number of benzene rings is 1. The SMILES string of the molecule is CN(C)c1ccccc1Nc1ccnc(NN)n1. The highest BCUT2D eigenvalue weighted by atomic mass is 15.3. The highest BCUT2D eigenvalue weighted by Crippen LogP contribution is 2.26. The minimum absolute atomic E-state index is 0.377. The van der Waals surface area contributed by atoms with Gasteiger partial charge in [0.15, 0.2) is 0 Å². The van der Waals surface area contributed by atoms with Crippen LogP contribution in [0.25, 0.3) is 0 Å². The van der Waals surface area contributed by atoms with Gasteiger partial charge in [0.05, 0.1) is 11.4 Å². The van der Waals surface area contributed by atoms with Crippen LogP contribution in [0.4, 0.5) is 23.1 Å². The molecule has 0 saturated heterocycles. The van der Waals surface area contributed by atoms with Crippen LogP contribution in [0.15, 0.2) is 36.5 Å². The Kier molecular flexibility index (Phi) is 3.59. The molecule has 2 aromatic rings. The molecule has 1 heterocycles. The van der Waals surface area contributed by atoms with Gasteiger partial charge in [-0.2, -0.15) is 4.98 Å². The minimum Gasteiger partial charge on any atom is -0.376 e. The smallest absolute Gasteiger partial charge is 0.239 e. The van der Waals surface area contributed by atoms with E-state index in [-0.39, 0.29) is 0 Å². The highest BCUT2D eigenvalue weighted by molar-refractivity contribution is 5.73. The third-order valence-corrected chi connectivity index (χ3v) is 2.43. The summed E-state index contributed by atoms with van der Waals surface area (Å²) in [5.74, 6) is 6.34. The Bertz CT molecular complexity index is 525. The van der Waals surface area contributed by atoms with Crippen LogP contribution in [0.2, 0.25) is 0 Å². The maximum atomic E-state index is 5.28. The van der Waals surface area contributed by atoms with Crippen molar-refractivity contribution in [1.82, 2.24) is 9.97 Å². The monoisotopic (exact) mass is 244 g/mol. The first-order chi connectivity index (χ1) is 8.70. The third-order valence-electron chi connectivity index (χ3n) is 2.43. The van der Waals surface area contributed by atoms with Crippen LogP contribution in [0.1, 0.15) is 0 Å². The molecule has 0 unspecified atom stereocenters. The average molecular weight is 244 g/mol. The summed E-state index contributed by atoms with van der Waals surface area (Å²) < 4.78 is 0. The molecule has 0 fully saturated rings. The van der Waals surface area contributed by atoms with Crippen LogP contribution in [-0.2, 0) is 0 Å². The fraction of sp³-hybridized carbons (Fsp3) is 0.167. The third kappa shape index (κ3) is 2.67. The maximum Gasteiger partial charge on any atom is 0.239 e. The number of nitrogens with one attached hydrogen (secondary N) is 2. The quantitative estimate of drug-likeness (QED) is 0.559. The summed E-state index contributed by atoms with van der Waals surface area (Å²) in [6.45, 7) is 0. The number of hydrogen-bond donors (Lipinski definition) is 3. The first-order valence-corrected chi connectivity index (χ1v) is 5.54. The topological polar surface area (TPSA) is 79.1 Å². The highest BCUT2D eigenvalue weighted by Gasteiger charge is 2.04. The number of aromatic nitrogens is 2. The van der Waals surface area contributed by atoms with Crippen LogP contribution in [0, 0.1) is 0 Å². The molecular formula is C12H16N6. The second-order valence-corrected chi connectivity index (χ2v) is 3.95. The maximum absolute atomic E-state index is 5.28. The zero-order valence-electron chi connectivity index (χ0n) is 10.4. The summed E-state index contributed by atoms with van der Waals surface area (Å²) in [5, 5.41) is 3.24. The predicted molar refractivity (Wildman–Crippen MR) is 73.9 cm³/mol. The van der Waals surface area contributed by atoms with Crippen molar-refractivity contribution in [3.63, 3.8) is 0 Å². The average Bonchev–Trinajstić information content (AvgIpc) is 2.39. The van der Waals surface area contributed by atoms with Gasteiger partial charge in [0.2, 0.25) is 5.95 Å². The van der Waals surface area contributed by atoms with Crippen LogP contribution in [0.5, 0.6) is 0 Å². The molecule has 18 heavy (non-hydrogen) atoms. The summed E-state index contributed by atoms with van der Waals surface area (Å²) in [4.78, 5) is 10.2. The number of para-hydroxylation sites is 2. The van der Waals surface area contributed by atoms with Gasteiger partial charge in [0, 0.05) is 20.3 Å². The number of hydrogen-bond acceptors (Lipinski definition) is 6. The second kappa shape index (κ2) is 5.33. The number of hydrazine groups is 1. The Morgan fingerprint density at radius 3 is 2.67 bits per heavy atom. The number of nitrogen functional groups attached to an aromatic ring is 1. The number of rotatable bonds is 4. The standard InChI is InChI=1S/C12H16N6/c1-18(2)10-6-4-3-5-9(10)15-11-7-8-14-12(16-11)17-13/h3-8H,13H2,1-2H3,(H2,14,15,16,17). The summed E-state index contributed by atoms with van der Waals surface area (Å²) in [7, 11) is 3.99. The predicted octanol–water partition coefficient (Wildman–Crippen LogP) is 1.57. The lowest BCUT2D eigenvalue weighted by Gasteiger charge is -2.18. The van der Waals surface area contributed by atoms with Crippen molar-refractivity contribution < 1.29 is 0 Å². The van der Waals surface area contributed by atoms with Gasteiger partial charge in [0.25, 0.3) is 0 Å². The van der Waals surface area contributed by atoms with Gasteiger partial charge in [-0.25, -0.2) is 10.8 Å². The van der Waals surface area contributed by atoms with E-state index in [1.807, 2.05) is 43.3 Å². The van der Waals surface area contributed by atoms with Gasteiger partial charge in [-0.3, -0.25) is 5.43 Å². The molecule has 0 spiro atoms. The fourth-order valence-electron chi connectivity index (χ4n) is 1.61. The van der Waals surface area contributed by atoms with E-state index < -0.39 is 0 Å². The van der Waals surface area contributed by atoms with Gasteiger partial charge < -0.3 is 10.2 Å². The summed E-state index contributed by atoms with van der Waals surface area (Å²) >= 11 is 0. The molecule has 6 nitrogen and oxygen atoms in total. The molecule has 0 amide bonds. The lowest BCUT2D eigenvalue weighted by molar-refractivity contribution is 1.11. The van der Waals surface area contributed by atoms with Crippen molar-refractivity contribution in [3.8, 4) is 0 Å². The molecule has 0 radical (unpaired) electrons. The molecule has 0 aliphatic carbocycles. The molecule has 4 N–H and O–H groups in total. The van der Waals surface area contributed by atoms with Crippen molar-refractivity contribution in [2.24, 2.45) is 5.84 Å². The Morgan fingerprint density at radius 2 is 1.94 bits per heavy atom. The molecule has 0 aliphatic heterocycles. The van der Waals surface area contributed by atoms with E-state index in [1.165, 1.54) is 0 Å². The normalized spacial score (nSPS) is 9.94. The fourth-order valence-corrected chi connectivity index (χ4v) is 1.61. The molecule has 6 heteroatoms. The van der Waals surface area contributed by atoms with Crippen LogP contribution in [0.3, 0.4) is 0 Å². The van der Waals surface area contributed by atoms with Crippen molar-refractivity contribution in [2.75, 3.05) is 29.7 Å². The van der Waals surface area contributed by atoms with Crippen LogP contribution >= 0.6 is 0 Å². The van der Waals surface area contributed by atoms with E-state index in [1.54, 1.807) is 12.3 Å². The summed E-state index contributed by atoms with van der Waals surface area (Å²) in [5.41, 5.74) is 4.48. The van der Waals surface area contributed by atoms with Gasteiger partial charge in [0.1, 0.15) is 5.82 Å². The van der Waals surface area contributed by atoms with Crippen molar-refractivity contribution in [2.45, 2.75) is 0 Å². The zero-order valence-corrected chi connectivity index (χ0v) is 10.4. The van der Waals surface area contributed by atoms with Crippen molar-refractivity contribution >= 4 is 23.1 Å². The molecule has 0 saturated carbocycles. The zero-order chi connectivity index (χ0) is 13.0. The van der Waals surface area contributed by atoms with E-state index in [0.29, 0.717) is 11.8 Å². The van der Waals surface area contributed by atoms with Crippen LogP contribution in [-0.4, -0.2) is 24.1 Å². The Hall–Kier alpha value is -2.34. The van der Waals surface area contributed by atoms with Gasteiger partial charge >= 0.3 is 0 Å². The van der Waals surface area contributed by atoms with Crippen molar-refractivity contribution in [3.05, 3.63) is 36.5 Å². The minimum atomic E-state index is 0.377. The van der Waals surface area contributed by atoms with Gasteiger partial charge in [-0.15, -0.1) is 0 Å². The Morgan fingerprint density at radius 1 is 1.17 bits per heavy atom. The molecule has 2 rings (SSSR count). The van der Waals surface area contributed by atoms with E-state index in [0.717, 1.165) is 11.4 Å². The lowest BCUT2D eigenvalue weighted by atomic mass is 10.2. The van der Waals surface area contributed by atoms with E-state index in [9.17, 15) is 0 Å². The molecule has 94 valence electrons. The summed E-state index contributed by atoms with van der Waals surface area (Å²) in [6, 6.07) is 9.78. The second-order valence-electron chi connectivity index (χ2n) is 3.95. The molecule has 0 atom stereocenters. The Labute approximate surface area is 106 Å². The Balaban J connectivity index is 2.28. The lowest BCUT2D eigenvalue weighted by Crippen LogP contribution is -2.12. The van der Waals surface area contributed by atoms with E-state index in [2.05, 4.69) is 20.7 Å². The molecular weight excluding hydrogens is 228 g/mol. The first-order valence-electron chi connectivity index (χ1n) is 5.54. The first kappa shape index (κ1) is 12.1. The largest absolute Gasteiger partial charge is 0.376 e. The molecule has 1 aromatic heterocycles. The van der Waals surface area contributed by atoms with E-state index >= 15 is 0 Å². The van der Waals surface area contributed by atoms with Crippen LogP contribution < -0.4 is 21.5 Å². The molecule has 0 aliphatic rings. The number of nitrogens with two attached hydrogens (primary N) is 1.